The zero-order chi connectivity index (χ0) is 16.9. The Morgan fingerprint density at radius 1 is 1.30 bits per heavy atom. The molecule has 124 valence electrons. The van der Waals surface area contributed by atoms with Crippen LogP contribution in [0.15, 0.2) is 35.7 Å². The molecule has 0 radical (unpaired) electrons. The lowest BCUT2D eigenvalue weighted by Crippen LogP contribution is -2.43. The number of pyridine rings is 1. The van der Waals surface area contributed by atoms with Gasteiger partial charge in [-0.3, -0.25) is 0 Å². The van der Waals surface area contributed by atoms with Gasteiger partial charge in [0.05, 0.1) is 18.8 Å². The van der Waals surface area contributed by atoms with Crippen LogP contribution in [-0.4, -0.2) is 36.8 Å². The molecule has 0 aliphatic heterocycles. The third-order valence-corrected chi connectivity index (χ3v) is 4.45. The van der Waals surface area contributed by atoms with Crippen LogP contribution < -0.4 is 15.5 Å². The molecule has 0 bridgehead atoms. The van der Waals surface area contributed by atoms with Gasteiger partial charge in [-0.15, -0.1) is 11.3 Å². The minimum atomic E-state index is -1.07. The Morgan fingerprint density at radius 3 is 2.74 bits per heavy atom. The van der Waals surface area contributed by atoms with Crippen molar-refractivity contribution >= 4 is 23.2 Å². The molecule has 2 aromatic heterocycles. The number of aliphatic hydroxyl groups is 1. The molecule has 0 aliphatic rings. The third-order valence-electron chi connectivity index (χ3n) is 3.33. The molecule has 2 aromatic rings. The van der Waals surface area contributed by atoms with Crippen molar-refractivity contribution in [3.63, 3.8) is 0 Å². The lowest BCUT2D eigenvalue weighted by atomic mass is 10.1. The molecule has 0 aromatic carbocycles. The Hall–Kier alpha value is -2.12. The van der Waals surface area contributed by atoms with Crippen molar-refractivity contribution in [2.75, 3.05) is 25.5 Å². The Bertz CT molecular complexity index is 641. The Labute approximate surface area is 140 Å². The lowest BCUT2D eigenvalue weighted by molar-refractivity contribution is 0.0631. The first kappa shape index (κ1) is 17.2. The molecular weight excluding hydrogens is 312 g/mol. The summed E-state index contributed by atoms with van der Waals surface area (Å²) >= 11 is 1.46. The van der Waals surface area contributed by atoms with E-state index in [-0.39, 0.29) is 12.6 Å². The summed E-state index contributed by atoms with van der Waals surface area (Å²) in [6.45, 7) is 2.15. The zero-order valence-electron chi connectivity index (χ0n) is 13.5. The minimum absolute atomic E-state index is 0.143. The predicted molar refractivity (Wildman–Crippen MR) is 92.7 cm³/mol. The highest BCUT2D eigenvalue weighted by Crippen LogP contribution is 2.24. The predicted octanol–water partition coefficient (Wildman–Crippen LogP) is 1.92. The quantitative estimate of drug-likeness (QED) is 0.754. The fraction of sp³-hybridized carbons (Fsp3) is 0.375. The van der Waals surface area contributed by atoms with E-state index in [9.17, 15) is 9.90 Å². The van der Waals surface area contributed by atoms with Gasteiger partial charge in [0.15, 0.2) is 0 Å². The van der Waals surface area contributed by atoms with Crippen molar-refractivity contribution < 1.29 is 9.90 Å². The van der Waals surface area contributed by atoms with E-state index < -0.39 is 5.60 Å². The van der Waals surface area contributed by atoms with Gasteiger partial charge in [0, 0.05) is 19.0 Å². The number of carbonyl (C=O) groups is 1. The average molecular weight is 334 g/mol. The molecule has 0 saturated heterocycles. The van der Waals surface area contributed by atoms with Gasteiger partial charge in [0.25, 0.3) is 0 Å². The molecule has 3 N–H and O–H groups in total. The number of anilines is 1. The number of amides is 2. The summed E-state index contributed by atoms with van der Waals surface area (Å²) in [6.07, 6.45) is 0. The second-order valence-corrected chi connectivity index (χ2v) is 6.62. The summed E-state index contributed by atoms with van der Waals surface area (Å²) < 4.78 is 0. The van der Waals surface area contributed by atoms with Gasteiger partial charge in [-0.2, -0.15) is 0 Å². The third kappa shape index (κ3) is 4.94. The van der Waals surface area contributed by atoms with Gasteiger partial charge in [-0.25, -0.2) is 9.78 Å². The Morgan fingerprint density at radius 2 is 2.09 bits per heavy atom. The number of nitrogens with one attached hydrogen (secondary N) is 2. The first-order valence-corrected chi connectivity index (χ1v) is 8.18. The number of thiophene rings is 1. The second kappa shape index (κ2) is 7.43. The van der Waals surface area contributed by atoms with E-state index in [1.165, 1.54) is 11.3 Å². The van der Waals surface area contributed by atoms with E-state index in [4.69, 9.17) is 0 Å². The first-order valence-electron chi connectivity index (χ1n) is 7.30. The summed E-state index contributed by atoms with van der Waals surface area (Å²) in [5, 5.41) is 17.7. The van der Waals surface area contributed by atoms with Crippen LogP contribution >= 0.6 is 11.3 Å². The van der Waals surface area contributed by atoms with E-state index in [0.29, 0.717) is 6.54 Å². The number of urea groups is 1. The van der Waals surface area contributed by atoms with Crippen LogP contribution in [0.25, 0.3) is 0 Å². The fourth-order valence-corrected chi connectivity index (χ4v) is 2.76. The van der Waals surface area contributed by atoms with E-state index in [1.807, 2.05) is 54.7 Å². The van der Waals surface area contributed by atoms with Crippen molar-refractivity contribution in [3.8, 4) is 0 Å². The lowest BCUT2D eigenvalue weighted by Gasteiger charge is -2.22. The highest BCUT2D eigenvalue weighted by Gasteiger charge is 2.24. The molecule has 2 rings (SSSR count). The van der Waals surface area contributed by atoms with Crippen LogP contribution in [0.3, 0.4) is 0 Å². The zero-order valence-corrected chi connectivity index (χ0v) is 14.4. The molecule has 23 heavy (non-hydrogen) atoms. The topological polar surface area (TPSA) is 77.5 Å². The fourth-order valence-electron chi connectivity index (χ4n) is 1.97. The van der Waals surface area contributed by atoms with Crippen LogP contribution in [0.5, 0.6) is 0 Å². The summed E-state index contributed by atoms with van der Waals surface area (Å²) in [7, 11) is 3.83. The smallest absolute Gasteiger partial charge is 0.315 e. The Kier molecular flexibility index (Phi) is 5.57. The number of hydrogen-bond acceptors (Lipinski definition) is 5. The van der Waals surface area contributed by atoms with Crippen molar-refractivity contribution in [2.24, 2.45) is 0 Å². The molecule has 0 saturated carbocycles. The van der Waals surface area contributed by atoms with E-state index in [1.54, 1.807) is 6.92 Å². The van der Waals surface area contributed by atoms with Crippen LogP contribution in [-0.2, 0) is 12.1 Å². The van der Waals surface area contributed by atoms with E-state index in [2.05, 4.69) is 15.6 Å². The highest BCUT2D eigenvalue weighted by atomic mass is 32.1. The molecule has 7 heteroatoms. The minimum Gasteiger partial charge on any atom is -0.383 e. The molecule has 1 atom stereocenters. The van der Waals surface area contributed by atoms with Gasteiger partial charge in [-0.05, 0) is 30.5 Å². The second-order valence-electron chi connectivity index (χ2n) is 5.67. The number of hydrogen-bond donors (Lipinski definition) is 3. The number of rotatable bonds is 6. The van der Waals surface area contributed by atoms with Gasteiger partial charge >= 0.3 is 6.03 Å². The van der Waals surface area contributed by atoms with E-state index in [0.717, 1.165) is 16.4 Å². The van der Waals surface area contributed by atoms with Gasteiger partial charge in [0.1, 0.15) is 11.4 Å². The summed E-state index contributed by atoms with van der Waals surface area (Å²) in [6, 6.07) is 9.05. The van der Waals surface area contributed by atoms with Gasteiger partial charge in [0.2, 0.25) is 0 Å². The maximum Gasteiger partial charge on any atom is 0.315 e. The molecule has 0 aliphatic carbocycles. The molecule has 2 amide bonds. The van der Waals surface area contributed by atoms with Crippen LogP contribution in [0.2, 0.25) is 0 Å². The molecule has 2 heterocycles. The largest absolute Gasteiger partial charge is 0.383 e. The maximum atomic E-state index is 11.9. The molecule has 0 fully saturated rings. The van der Waals surface area contributed by atoms with Crippen LogP contribution in [0.1, 0.15) is 17.5 Å². The van der Waals surface area contributed by atoms with Crippen molar-refractivity contribution in [1.29, 1.82) is 0 Å². The summed E-state index contributed by atoms with van der Waals surface area (Å²) in [5.41, 5.74) is -0.300. The van der Waals surface area contributed by atoms with Crippen LogP contribution in [0.4, 0.5) is 10.6 Å². The summed E-state index contributed by atoms with van der Waals surface area (Å²) in [5.74, 6) is 0.838. The van der Waals surface area contributed by atoms with Crippen LogP contribution in [0, 0.1) is 0 Å². The van der Waals surface area contributed by atoms with Crippen molar-refractivity contribution in [3.05, 3.63) is 46.3 Å². The van der Waals surface area contributed by atoms with Crippen molar-refractivity contribution in [1.82, 2.24) is 15.6 Å². The summed E-state index contributed by atoms with van der Waals surface area (Å²) in [4.78, 5) is 19.0. The maximum absolute atomic E-state index is 11.9. The number of carbonyl (C=O) groups excluding carboxylic acids is 1. The normalized spacial score (nSPS) is 13.2. The molecule has 6 nitrogen and oxygen atoms in total. The van der Waals surface area contributed by atoms with Gasteiger partial charge in [-0.1, -0.05) is 12.1 Å². The molecular formula is C16H22N4O2S. The number of aromatic nitrogens is 1. The SMILES string of the molecule is CN(C)c1cccc(CNC(=O)NCC(C)(O)c2cccs2)n1. The average Bonchev–Trinajstić information content (AvgIpc) is 3.06. The van der Waals surface area contributed by atoms with E-state index >= 15 is 0 Å². The molecule has 0 spiro atoms. The standard InChI is InChI=1S/C16H22N4O2S/c1-16(22,13-7-5-9-23-13)11-18-15(21)17-10-12-6-4-8-14(19-12)20(2)3/h4-9,22H,10-11H2,1-3H3,(H2,17,18,21). The highest BCUT2D eigenvalue weighted by molar-refractivity contribution is 7.10. The monoisotopic (exact) mass is 334 g/mol. The first-order chi connectivity index (χ1) is 10.9. The van der Waals surface area contributed by atoms with Crippen molar-refractivity contribution in [2.45, 2.75) is 19.1 Å². The molecule has 1 unspecified atom stereocenters. The number of nitrogens with zero attached hydrogens (tertiary/aromatic N) is 2. The Balaban J connectivity index is 1.82. The van der Waals surface area contributed by atoms with Gasteiger partial charge < -0.3 is 20.6 Å².